The lowest BCUT2D eigenvalue weighted by atomic mass is 10.2. The zero-order chi connectivity index (χ0) is 13.0. The predicted molar refractivity (Wildman–Crippen MR) is 76.0 cm³/mol. The molecular formula is C14H20BrNO2. The minimum absolute atomic E-state index is 0.382. The molecule has 1 fully saturated rings. The monoisotopic (exact) mass is 313 g/mol. The minimum atomic E-state index is 0.382. The summed E-state index contributed by atoms with van der Waals surface area (Å²) in [6.07, 6.45) is 1.50. The molecule has 0 unspecified atom stereocenters. The third-order valence-corrected chi connectivity index (χ3v) is 3.92. The summed E-state index contributed by atoms with van der Waals surface area (Å²) in [5, 5.41) is 0. The van der Waals surface area contributed by atoms with Gasteiger partial charge in [0.2, 0.25) is 0 Å². The molecule has 1 aromatic rings. The molecule has 1 aliphatic heterocycles. The Morgan fingerprint density at radius 1 is 1.44 bits per heavy atom. The van der Waals surface area contributed by atoms with Crippen LogP contribution >= 0.6 is 15.9 Å². The second-order valence-electron chi connectivity index (χ2n) is 4.54. The summed E-state index contributed by atoms with van der Waals surface area (Å²) in [6.45, 7) is 5.73. The van der Waals surface area contributed by atoms with Crippen LogP contribution in [0.25, 0.3) is 0 Å². The van der Waals surface area contributed by atoms with Crippen molar-refractivity contribution in [3.05, 3.63) is 28.2 Å². The summed E-state index contributed by atoms with van der Waals surface area (Å²) in [4.78, 5) is 2.42. The van der Waals surface area contributed by atoms with Gasteiger partial charge >= 0.3 is 0 Å². The van der Waals surface area contributed by atoms with Gasteiger partial charge in [-0.15, -0.1) is 0 Å². The second kappa shape index (κ2) is 6.55. The van der Waals surface area contributed by atoms with E-state index < -0.39 is 0 Å². The van der Waals surface area contributed by atoms with E-state index in [2.05, 4.69) is 33.0 Å². The fraction of sp³-hybridized carbons (Fsp3) is 0.571. The Bertz CT molecular complexity index is 397. The Hall–Kier alpha value is -0.580. The van der Waals surface area contributed by atoms with Gasteiger partial charge < -0.3 is 9.47 Å². The first-order chi connectivity index (χ1) is 8.74. The van der Waals surface area contributed by atoms with Crippen molar-refractivity contribution < 1.29 is 9.47 Å². The molecule has 1 atom stereocenters. The number of nitrogens with zero attached hydrogens (tertiary/aromatic N) is 1. The van der Waals surface area contributed by atoms with Crippen LogP contribution in [0.2, 0.25) is 0 Å². The highest BCUT2D eigenvalue weighted by atomic mass is 79.9. The molecule has 1 aromatic carbocycles. The first kappa shape index (κ1) is 13.8. The van der Waals surface area contributed by atoms with Crippen molar-refractivity contribution in [1.82, 2.24) is 4.90 Å². The van der Waals surface area contributed by atoms with Crippen molar-refractivity contribution in [2.45, 2.75) is 26.0 Å². The Balaban J connectivity index is 2.07. The Morgan fingerprint density at radius 2 is 2.28 bits per heavy atom. The Morgan fingerprint density at radius 3 is 2.94 bits per heavy atom. The van der Waals surface area contributed by atoms with E-state index in [1.54, 1.807) is 7.11 Å². The fourth-order valence-corrected chi connectivity index (χ4v) is 2.88. The van der Waals surface area contributed by atoms with Gasteiger partial charge in [0.1, 0.15) is 5.75 Å². The van der Waals surface area contributed by atoms with Gasteiger partial charge in [-0.2, -0.15) is 0 Å². The van der Waals surface area contributed by atoms with E-state index in [9.17, 15) is 0 Å². The SMILES string of the molecule is CCOc1c(Br)cccc1CN1CC[C@@H](OC)C1. The summed E-state index contributed by atoms with van der Waals surface area (Å²) >= 11 is 3.55. The number of rotatable bonds is 5. The van der Waals surface area contributed by atoms with E-state index >= 15 is 0 Å². The lowest BCUT2D eigenvalue weighted by Crippen LogP contribution is -2.22. The average molecular weight is 314 g/mol. The molecule has 1 saturated heterocycles. The van der Waals surface area contributed by atoms with Crippen molar-refractivity contribution >= 4 is 15.9 Å². The van der Waals surface area contributed by atoms with E-state index in [1.165, 1.54) is 5.56 Å². The number of likely N-dealkylation sites (tertiary alicyclic amines) is 1. The van der Waals surface area contributed by atoms with Gasteiger partial charge in [-0.3, -0.25) is 4.90 Å². The molecule has 18 heavy (non-hydrogen) atoms. The van der Waals surface area contributed by atoms with Crippen LogP contribution in [0.1, 0.15) is 18.9 Å². The van der Waals surface area contributed by atoms with Crippen molar-refractivity contribution in [1.29, 1.82) is 0 Å². The summed E-state index contributed by atoms with van der Waals surface area (Å²) in [5.74, 6) is 0.973. The van der Waals surface area contributed by atoms with E-state index in [0.29, 0.717) is 12.7 Å². The Kier molecular flexibility index (Phi) is 5.03. The number of hydrogen-bond donors (Lipinski definition) is 0. The second-order valence-corrected chi connectivity index (χ2v) is 5.40. The van der Waals surface area contributed by atoms with Crippen molar-refractivity contribution in [3.8, 4) is 5.75 Å². The van der Waals surface area contributed by atoms with E-state index in [-0.39, 0.29) is 0 Å². The fourth-order valence-electron chi connectivity index (χ4n) is 2.36. The van der Waals surface area contributed by atoms with Crippen LogP contribution in [0.15, 0.2) is 22.7 Å². The predicted octanol–water partition coefficient (Wildman–Crippen LogP) is 3.07. The zero-order valence-corrected chi connectivity index (χ0v) is 12.6. The number of hydrogen-bond acceptors (Lipinski definition) is 3. The van der Waals surface area contributed by atoms with Crippen LogP contribution in [-0.4, -0.2) is 37.8 Å². The van der Waals surface area contributed by atoms with Crippen LogP contribution in [0, 0.1) is 0 Å². The van der Waals surface area contributed by atoms with E-state index in [1.807, 2.05) is 13.0 Å². The molecule has 0 bridgehead atoms. The molecule has 0 spiro atoms. The molecule has 3 nitrogen and oxygen atoms in total. The lowest BCUT2D eigenvalue weighted by Gasteiger charge is -2.18. The smallest absolute Gasteiger partial charge is 0.137 e. The third-order valence-electron chi connectivity index (χ3n) is 3.29. The van der Waals surface area contributed by atoms with Crippen LogP contribution in [-0.2, 0) is 11.3 Å². The molecule has 1 aliphatic rings. The largest absolute Gasteiger partial charge is 0.492 e. The maximum absolute atomic E-state index is 5.73. The van der Waals surface area contributed by atoms with Crippen LogP contribution in [0.5, 0.6) is 5.75 Å². The Labute approximate surface area is 117 Å². The number of para-hydroxylation sites is 1. The average Bonchev–Trinajstić information content (AvgIpc) is 2.81. The zero-order valence-electron chi connectivity index (χ0n) is 11.0. The molecule has 0 N–H and O–H groups in total. The van der Waals surface area contributed by atoms with Gasteiger partial charge in [0.05, 0.1) is 17.2 Å². The molecule has 0 radical (unpaired) electrons. The van der Waals surface area contributed by atoms with Crippen molar-refractivity contribution in [3.63, 3.8) is 0 Å². The summed E-state index contributed by atoms with van der Waals surface area (Å²) in [5.41, 5.74) is 1.24. The molecule has 0 aliphatic carbocycles. The first-order valence-electron chi connectivity index (χ1n) is 6.40. The standard InChI is InChI=1S/C14H20BrNO2/c1-3-18-14-11(5-4-6-13(14)15)9-16-8-7-12(10-16)17-2/h4-6,12H,3,7-10H2,1-2H3/t12-/m1/s1. The van der Waals surface area contributed by atoms with Gasteiger partial charge in [0.15, 0.2) is 0 Å². The molecule has 0 saturated carbocycles. The first-order valence-corrected chi connectivity index (χ1v) is 7.19. The van der Waals surface area contributed by atoms with Gasteiger partial charge in [-0.1, -0.05) is 12.1 Å². The maximum Gasteiger partial charge on any atom is 0.137 e. The van der Waals surface area contributed by atoms with Crippen LogP contribution in [0.4, 0.5) is 0 Å². The normalized spacial score (nSPS) is 20.3. The molecule has 1 heterocycles. The highest BCUT2D eigenvalue weighted by molar-refractivity contribution is 9.10. The topological polar surface area (TPSA) is 21.7 Å². The van der Waals surface area contributed by atoms with Crippen LogP contribution < -0.4 is 4.74 Å². The molecular weight excluding hydrogens is 294 g/mol. The van der Waals surface area contributed by atoms with Gasteiger partial charge in [0.25, 0.3) is 0 Å². The summed E-state index contributed by atoms with van der Waals surface area (Å²) in [7, 11) is 1.79. The minimum Gasteiger partial charge on any atom is -0.492 e. The highest BCUT2D eigenvalue weighted by Gasteiger charge is 2.23. The number of ether oxygens (including phenoxy) is 2. The summed E-state index contributed by atoms with van der Waals surface area (Å²) < 4.78 is 12.2. The number of methoxy groups -OCH3 is 1. The maximum atomic E-state index is 5.73. The highest BCUT2D eigenvalue weighted by Crippen LogP contribution is 2.30. The van der Waals surface area contributed by atoms with E-state index in [4.69, 9.17) is 9.47 Å². The molecule has 0 amide bonds. The molecule has 2 rings (SSSR count). The van der Waals surface area contributed by atoms with Crippen molar-refractivity contribution in [2.24, 2.45) is 0 Å². The lowest BCUT2D eigenvalue weighted by molar-refractivity contribution is 0.107. The van der Waals surface area contributed by atoms with Gasteiger partial charge in [-0.25, -0.2) is 0 Å². The van der Waals surface area contributed by atoms with Crippen molar-refractivity contribution in [2.75, 3.05) is 26.8 Å². The van der Waals surface area contributed by atoms with Gasteiger partial charge in [0, 0.05) is 32.3 Å². The van der Waals surface area contributed by atoms with Crippen LogP contribution in [0.3, 0.4) is 0 Å². The molecule has 100 valence electrons. The molecule has 4 heteroatoms. The third kappa shape index (κ3) is 3.25. The van der Waals surface area contributed by atoms with E-state index in [0.717, 1.165) is 36.3 Å². The molecule has 0 aromatic heterocycles. The quantitative estimate of drug-likeness (QED) is 0.834. The number of benzene rings is 1. The number of halogens is 1. The summed E-state index contributed by atoms with van der Waals surface area (Å²) in [6, 6.07) is 6.22. The van der Waals surface area contributed by atoms with Gasteiger partial charge in [-0.05, 0) is 35.3 Å².